The highest BCUT2D eigenvalue weighted by Gasteiger charge is 2.23. The summed E-state index contributed by atoms with van der Waals surface area (Å²) in [6.07, 6.45) is 2.41. The molecule has 2 rings (SSSR count). The van der Waals surface area contributed by atoms with Crippen LogP contribution in [0.5, 0.6) is 0 Å². The number of rotatable bonds is 1. The van der Waals surface area contributed by atoms with E-state index in [0.29, 0.717) is 5.92 Å². The second-order valence-corrected chi connectivity index (χ2v) is 6.10. The van der Waals surface area contributed by atoms with Gasteiger partial charge >= 0.3 is 0 Å². The Hall–Kier alpha value is -0.830. The fourth-order valence-corrected chi connectivity index (χ4v) is 3.21. The average Bonchev–Trinajstić information content (AvgIpc) is 2.58. The van der Waals surface area contributed by atoms with Crippen LogP contribution in [0.15, 0.2) is 6.07 Å². The zero-order chi connectivity index (χ0) is 11.7. The molecule has 1 aromatic heterocycles. The van der Waals surface area contributed by atoms with Gasteiger partial charge in [-0.25, -0.2) is 0 Å². The Labute approximate surface area is 101 Å². The third-order valence-electron chi connectivity index (χ3n) is 3.32. The standard InChI is InChI=1S/C13H19NOS/c1-9-5-4-6-14(8-9)13(15)12-7-10(2)11(3)16-12/h7,9H,4-6,8H2,1-3H3. The molecule has 0 N–H and O–H groups in total. The van der Waals surface area contributed by atoms with E-state index in [1.165, 1.54) is 16.9 Å². The van der Waals surface area contributed by atoms with E-state index in [2.05, 4.69) is 20.8 Å². The summed E-state index contributed by atoms with van der Waals surface area (Å²) < 4.78 is 0. The lowest BCUT2D eigenvalue weighted by atomic mass is 10.0. The highest BCUT2D eigenvalue weighted by Crippen LogP contribution is 2.24. The maximum atomic E-state index is 12.2. The molecule has 1 aliphatic heterocycles. The quantitative estimate of drug-likeness (QED) is 0.734. The largest absolute Gasteiger partial charge is 0.338 e. The molecule has 0 aromatic carbocycles. The molecule has 1 aromatic rings. The predicted molar refractivity (Wildman–Crippen MR) is 68.1 cm³/mol. The molecule has 88 valence electrons. The molecule has 0 aliphatic carbocycles. The van der Waals surface area contributed by atoms with E-state index in [1.54, 1.807) is 11.3 Å². The fraction of sp³-hybridized carbons (Fsp3) is 0.615. The summed E-state index contributed by atoms with van der Waals surface area (Å²) in [5.74, 6) is 0.882. The van der Waals surface area contributed by atoms with E-state index in [0.717, 1.165) is 24.4 Å². The van der Waals surface area contributed by atoms with Gasteiger partial charge in [-0.3, -0.25) is 4.79 Å². The van der Waals surface area contributed by atoms with Gasteiger partial charge in [0.2, 0.25) is 0 Å². The number of nitrogens with zero attached hydrogens (tertiary/aromatic N) is 1. The topological polar surface area (TPSA) is 20.3 Å². The van der Waals surface area contributed by atoms with E-state index in [-0.39, 0.29) is 5.91 Å². The van der Waals surface area contributed by atoms with Gasteiger partial charge in [0.25, 0.3) is 5.91 Å². The molecule has 0 bridgehead atoms. The van der Waals surface area contributed by atoms with Gasteiger partial charge in [0.05, 0.1) is 4.88 Å². The molecule has 0 spiro atoms. The van der Waals surface area contributed by atoms with Gasteiger partial charge in [0, 0.05) is 18.0 Å². The summed E-state index contributed by atoms with van der Waals surface area (Å²) in [6, 6.07) is 2.03. The van der Waals surface area contributed by atoms with Gasteiger partial charge in [-0.2, -0.15) is 0 Å². The third kappa shape index (κ3) is 2.29. The monoisotopic (exact) mass is 237 g/mol. The van der Waals surface area contributed by atoms with Crippen LogP contribution in [0.3, 0.4) is 0 Å². The van der Waals surface area contributed by atoms with Crippen LogP contribution in [0.25, 0.3) is 0 Å². The van der Waals surface area contributed by atoms with Crippen LogP contribution in [0.2, 0.25) is 0 Å². The van der Waals surface area contributed by atoms with Crippen LogP contribution in [0.4, 0.5) is 0 Å². The molecule has 1 saturated heterocycles. The van der Waals surface area contributed by atoms with Crippen molar-refractivity contribution in [2.45, 2.75) is 33.6 Å². The number of aryl methyl sites for hydroxylation is 2. The number of hydrogen-bond donors (Lipinski definition) is 0. The van der Waals surface area contributed by atoms with Crippen molar-refractivity contribution in [2.24, 2.45) is 5.92 Å². The SMILES string of the molecule is Cc1cc(C(=O)N2CCCC(C)C2)sc1C. The smallest absolute Gasteiger partial charge is 0.263 e. The van der Waals surface area contributed by atoms with Gasteiger partial charge in [0.15, 0.2) is 0 Å². The second kappa shape index (κ2) is 4.58. The first-order chi connectivity index (χ1) is 7.58. The second-order valence-electron chi connectivity index (χ2n) is 4.85. The van der Waals surface area contributed by atoms with Crippen molar-refractivity contribution in [2.75, 3.05) is 13.1 Å². The van der Waals surface area contributed by atoms with E-state index in [4.69, 9.17) is 0 Å². The van der Waals surface area contributed by atoms with Crippen molar-refractivity contribution in [3.8, 4) is 0 Å². The summed E-state index contributed by atoms with van der Waals surface area (Å²) in [4.78, 5) is 16.4. The van der Waals surface area contributed by atoms with Gasteiger partial charge in [-0.15, -0.1) is 11.3 Å². The highest BCUT2D eigenvalue weighted by molar-refractivity contribution is 7.14. The molecule has 1 fully saturated rings. The Morgan fingerprint density at radius 1 is 1.50 bits per heavy atom. The molecular formula is C13H19NOS. The molecule has 1 amide bonds. The average molecular weight is 237 g/mol. The number of hydrogen-bond acceptors (Lipinski definition) is 2. The zero-order valence-electron chi connectivity index (χ0n) is 10.2. The lowest BCUT2D eigenvalue weighted by Crippen LogP contribution is -2.38. The van der Waals surface area contributed by atoms with Crippen molar-refractivity contribution in [3.63, 3.8) is 0 Å². The van der Waals surface area contributed by atoms with Gasteiger partial charge in [0.1, 0.15) is 0 Å². The normalized spacial score (nSPS) is 21.2. The summed E-state index contributed by atoms with van der Waals surface area (Å²) in [6.45, 7) is 8.23. The molecule has 3 heteroatoms. The summed E-state index contributed by atoms with van der Waals surface area (Å²) >= 11 is 1.63. The number of thiophene rings is 1. The Bertz CT molecular complexity index is 377. The molecule has 1 atom stereocenters. The Morgan fingerprint density at radius 2 is 2.25 bits per heavy atom. The first-order valence-electron chi connectivity index (χ1n) is 5.94. The van der Waals surface area contributed by atoms with E-state index >= 15 is 0 Å². The maximum absolute atomic E-state index is 12.2. The summed E-state index contributed by atoms with van der Waals surface area (Å²) in [5, 5.41) is 0. The van der Waals surface area contributed by atoms with Crippen LogP contribution in [-0.2, 0) is 0 Å². The third-order valence-corrected chi connectivity index (χ3v) is 4.46. The van der Waals surface area contributed by atoms with Crippen LogP contribution < -0.4 is 0 Å². The Kier molecular flexibility index (Phi) is 3.33. The van der Waals surface area contributed by atoms with Crippen molar-refractivity contribution < 1.29 is 4.79 Å². The van der Waals surface area contributed by atoms with E-state index in [9.17, 15) is 4.79 Å². The fourth-order valence-electron chi connectivity index (χ4n) is 2.21. The van der Waals surface area contributed by atoms with E-state index < -0.39 is 0 Å². The van der Waals surface area contributed by atoms with Crippen molar-refractivity contribution in [1.82, 2.24) is 4.90 Å². The van der Waals surface area contributed by atoms with Crippen LogP contribution in [-0.4, -0.2) is 23.9 Å². The molecule has 1 unspecified atom stereocenters. The highest BCUT2D eigenvalue weighted by atomic mass is 32.1. The molecule has 2 heterocycles. The molecule has 16 heavy (non-hydrogen) atoms. The molecule has 1 aliphatic rings. The molecule has 0 saturated carbocycles. The minimum absolute atomic E-state index is 0.229. The maximum Gasteiger partial charge on any atom is 0.263 e. The number of amides is 1. The van der Waals surface area contributed by atoms with Gasteiger partial charge < -0.3 is 4.90 Å². The predicted octanol–water partition coefficient (Wildman–Crippen LogP) is 3.24. The minimum Gasteiger partial charge on any atom is -0.338 e. The number of likely N-dealkylation sites (tertiary alicyclic amines) is 1. The lowest BCUT2D eigenvalue weighted by Gasteiger charge is -2.30. The van der Waals surface area contributed by atoms with Crippen molar-refractivity contribution in [1.29, 1.82) is 0 Å². The number of carbonyl (C=O) groups excluding carboxylic acids is 1. The van der Waals surface area contributed by atoms with Gasteiger partial charge in [-0.1, -0.05) is 6.92 Å². The minimum atomic E-state index is 0.229. The molecule has 2 nitrogen and oxygen atoms in total. The molecule has 0 radical (unpaired) electrons. The number of carbonyl (C=O) groups is 1. The van der Waals surface area contributed by atoms with Gasteiger partial charge in [-0.05, 0) is 44.2 Å². The lowest BCUT2D eigenvalue weighted by molar-refractivity contribution is 0.0688. The Balaban J connectivity index is 2.12. The van der Waals surface area contributed by atoms with Crippen LogP contribution in [0.1, 0.15) is 39.9 Å². The van der Waals surface area contributed by atoms with E-state index in [1.807, 2.05) is 11.0 Å². The summed E-state index contributed by atoms with van der Waals surface area (Å²) in [5.41, 5.74) is 1.23. The first kappa shape index (κ1) is 11.6. The van der Waals surface area contributed by atoms with Crippen LogP contribution in [0, 0.1) is 19.8 Å². The zero-order valence-corrected chi connectivity index (χ0v) is 11.1. The van der Waals surface area contributed by atoms with Crippen molar-refractivity contribution >= 4 is 17.2 Å². The van der Waals surface area contributed by atoms with Crippen molar-refractivity contribution in [3.05, 3.63) is 21.4 Å². The Morgan fingerprint density at radius 3 is 2.81 bits per heavy atom. The van der Waals surface area contributed by atoms with Crippen LogP contribution >= 0.6 is 11.3 Å². The summed E-state index contributed by atoms with van der Waals surface area (Å²) in [7, 11) is 0. The number of piperidine rings is 1. The molecular weight excluding hydrogens is 218 g/mol. The first-order valence-corrected chi connectivity index (χ1v) is 6.76.